The third-order valence-electron chi connectivity index (χ3n) is 5.48. The van der Waals surface area contributed by atoms with Gasteiger partial charge in [0.25, 0.3) is 5.91 Å². The molecule has 2 amide bonds. The highest BCUT2D eigenvalue weighted by atomic mass is 16.5. The van der Waals surface area contributed by atoms with Gasteiger partial charge in [0, 0.05) is 31.2 Å². The monoisotopic (exact) mass is 394 g/mol. The molecule has 154 valence electrons. The van der Waals surface area contributed by atoms with Crippen LogP contribution in [0.3, 0.4) is 0 Å². The molecule has 2 aromatic carbocycles. The van der Waals surface area contributed by atoms with Crippen LogP contribution in [0.1, 0.15) is 30.9 Å². The Balaban J connectivity index is 1.51. The van der Waals surface area contributed by atoms with Crippen LogP contribution in [-0.4, -0.2) is 43.0 Å². The average Bonchev–Trinajstić information content (AvgIpc) is 2.74. The summed E-state index contributed by atoms with van der Waals surface area (Å²) >= 11 is 0. The SMILES string of the molecule is CCN(C(=O)C1CCN(C(=O)COc2ccc(C)cc2)CC1)c1cccc(C)c1. The van der Waals surface area contributed by atoms with Crippen LogP contribution in [-0.2, 0) is 9.59 Å². The lowest BCUT2D eigenvalue weighted by Crippen LogP contribution is -2.45. The van der Waals surface area contributed by atoms with Crippen molar-refractivity contribution in [2.24, 2.45) is 5.92 Å². The highest BCUT2D eigenvalue weighted by Crippen LogP contribution is 2.24. The first-order valence-corrected chi connectivity index (χ1v) is 10.3. The van der Waals surface area contributed by atoms with Crippen LogP contribution < -0.4 is 9.64 Å². The third kappa shape index (κ3) is 5.37. The molecule has 5 heteroatoms. The molecule has 0 bridgehead atoms. The van der Waals surface area contributed by atoms with Crippen molar-refractivity contribution in [2.45, 2.75) is 33.6 Å². The van der Waals surface area contributed by atoms with E-state index in [0.29, 0.717) is 38.2 Å². The number of benzene rings is 2. The summed E-state index contributed by atoms with van der Waals surface area (Å²) in [5.41, 5.74) is 3.24. The minimum atomic E-state index is -0.0440. The summed E-state index contributed by atoms with van der Waals surface area (Å²) < 4.78 is 5.61. The van der Waals surface area contributed by atoms with E-state index in [1.807, 2.05) is 74.2 Å². The second-order valence-electron chi connectivity index (χ2n) is 7.68. The van der Waals surface area contributed by atoms with Gasteiger partial charge in [-0.3, -0.25) is 9.59 Å². The number of nitrogens with zero attached hydrogens (tertiary/aromatic N) is 2. The van der Waals surface area contributed by atoms with E-state index in [9.17, 15) is 9.59 Å². The summed E-state index contributed by atoms with van der Waals surface area (Å²) in [5, 5.41) is 0. The molecule has 0 unspecified atom stereocenters. The number of hydrogen-bond acceptors (Lipinski definition) is 3. The van der Waals surface area contributed by atoms with E-state index in [4.69, 9.17) is 4.74 Å². The number of anilines is 1. The van der Waals surface area contributed by atoms with E-state index in [1.165, 1.54) is 0 Å². The lowest BCUT2D eigenvalue weighted by molar-refractivity contribution is -0.136. The summed E-state index contributed by atoms with van der Waals surface area (Å²) in [4.78, 5) is 29.2. The van der Waals surface area contributed by atoms with Crippen LogP contribution in [0.4, 0.5) is 5.69 Å². The average molecular weight is 395 g/mol. The van der Waals surface area contributed by atoms with Gasteiger partial charge in [-0.05, 0) is 63.4 Å². The Bertz CT molecular complexity index is 839. The van der Waals surface area contributed by atoms with Crippen LogP contribution in [0.25, 0.3) is 0 Å². The van der Waals surface area contributed by atoms with Crippen LogP contribution in [0, 0.1) is 19.8 Å². The number of hydrogen-bond donors (Lipinski definition) is 0. The summed E-state index contributed by atoms with van der Waals surface area (Å²) in [5.74, 6) is 0.784. The summed E-state index contributed by atoms with van der Waals surface area (Å²) in [6, 6.07) is 15.7. The molecule has 1 aliphatic rings. The lowest BCUT2D eigenvalue weighted by Gasteiger charge is -2.34. The van der Waals surface area contributed by atoms with Gasteiger partial charge in [0.2, 0.25) is 5.91 Å². The van der Waals surface area contributed by atoms with Crippen LogP contribution in [0.5, 0.6) is 5.75 Å². The molecule has 3 rings (SSSR count). The fourth-order valence-electron chi connectivity index (χ4n) is 3.73. The minimum absolute atomic E-state index is 0.0255. The molecule has 1 fully saturated rings. The van der Waals surface area contributed by atoms with Crippen molar-refractivity contribution >= 4 is 17.5 Å². The van der Waals surface area contributed by atoms with Crippen molar-refractivity contribution < 1.29 is 14.3 Å². The van der Waals surface area contributed by atoms with Crippen molar-refractivity contribution in [3.8, 4) is 5.75 Å². The molecule has 0 atom stereocenters. The zero-order valence-electron chi connectivity index (χ0n) is 17.6. The van der Waals surface area contributed by atoms with Gasteiger partial charge in [-0.25, -0.2) is 0 Å². The molecule has 0 radical (unpaired) electrons. The maximum absolute atomic E-state index is 13.1. The van der Waals surface area contributed by atoms with Gasteiger partial charge in [0.1, 0.15) is 5.75 Å². The van der Waals surface area contributed by atoms with E-state index >= 15 is 0 Å². The van der Waals surface area contributed by atoms with Crippen LogP contribution in [0.2, 0.25) is 0 Å². The molecular weight excluding hydrogens is 364 g/mol. The molecule has 1 saturated heterocycles. The summed E-state index contributed by atoms with van der Waals surface area (Å²) in [6.45, 7) is 7.92. The molecule has 0 saturated carbocycles. The molecule has 0 N–H and O–H groups in total. The number of piperidine rings is 1. The van der Waals surface area contributed by atoms with Gasteiger partial charge in [-0.1, -0.05) is 29.8 Å². The van der Waals surface area contributed by atoms with E-state index < -0.39 is 0 Å². The lowest BCUT2D eigenvalue weighted by atomic mass is 9.95. The van der Waals surface area contributed by atoms with Crippen molar-refractivity contribution in [3.63, 3.8) is 0 Å². The largest absolute Gasteiger partial charge is 0.484 e. The number of rotatable bonds is 6. The molecule has 0 aromatic heterocycles. The first-order chi connectivity index (χ1) is 14.0. The third-order valence-corrected chi connectivity index (χ3v) is 5.48. The van der Waals surface area contributed by atoms with Crippen LogP contribution >= 0.6 is 0 Å². The zero-order chi connectivity index (χ0) is 20.8. The predicted molar refractivity (Wildman–Crippen MR) is 115 cm³/mol. The molecule has 1 aliphatic heterocycles. The maximum atomic E-state index is 13.1. The Hall–Kier alpha value is -2.82. The van der Waals surface area contributed by atoms with Crippen molar-refractivity contribution in [1.29, 1.82) is 0 Å². The second-order valence-corrected chi connectivity index (χ2v) is 7.68. The minimum Gasteiger partial charge on any atom is -0.484 e. The number of carbonyl (C=O) groups is 2. The molecular formula is C24H30N2O3. The summed E-state index contributed by atoms with van der Waals surface area (Å²) in [6.07, 6.45) is 1.38. The zero-order valence-corrected chi connectivity index (χ0v) is 17.6. The quantitative estimate of drug-likeness (QED) is 0.745. The number of amides is 2. The molecule has 5 nitrogen and oxygen atoms in total. The van der Waals surface area contributed by atoms with Crippen LogP contribution in [0.15, 0.2) is 48.5 Å². The topological polar surface area (TPSA) is 49.9 Å². The van der Waals surface area contributed by atoms with E-state index in [1.54, 1.807) is 4.90 Å². The fraction of sp³-hybridized carbons (Fsp3) is 0.417. The maximum Gasteiger partial charge on any atom is 0.260 e. The summed E-state index contributed by atoms with van der Waals surface area (Å²) in [7, 11) is 0. The highest BCUT2D eigenvalue weighted by molar-refractivity contribution is 5.95. The number of likely N-dealkylation sites (tertiary alicyclic amines) is 1. The first kappa shape index (κ1) is 20.9. The van der Waals surface area contributed by atoms with Gasteiger partial charge in [0.05, 0.1) is 0 Å². The predicted octanol–water partition coefficient (Wildman–Crippen LogP) is 3.97. The molecule has 0 aliphatic carbocycles. The molecule has 29 heavy (non-hydrogen) atoms. The Morgan fingerprint density at radius 2 is 1.72 bits per heavy atom. The first-order valence-electron chi connectivity index (χ1n) is 10.3. The molecule has 2 aromatic rings. The van der Waals surface area contributed by atoms with Crippen molar-refractivity contribution in [2.75, 3.05) is 31.1 Å². The standard InChI is InChI=1S/C24H30N2O3/c1-4-26(21-7-5-6-19(3)16-21)24(28)20-12-14-25(15-13-20)23(27)17-29-22-10-8-18(2)9-11-22/h5-11,16,20H,4,12-15,17H2,1-3H3. The van der Waals surface area contributed by atoms with Gasteiger partial charge in [-0.2, -0.15) is 0 Å². The molecule has 1 heterocycles. The number of aryl methyl sites for hydroxylation is 2. The smallest absolute Gasteiger partial charge is 0.260 e. The van der Waals surface area contributed by atoms with E-state index in [0.717, 1.165) is 16.8 Å². The van der Waals surface area contributed by atoms with Crippen molar-refractivity contribution in [1.82, 2.24) is 4.90 Å². The Morgan fingerprint density at radius 3 is 2.34 bits per heavy atom. The Morgan fingerprint density at radius 1 is 1.03 bits per heavy atom. The number of ether oxygens (including phenoxy) is 1. The van der Waals surface area contributed by atoms with Crippen molar-refractivity contribution in [3.05, 3.63) is 59.7 Å². The second kappa shape index (κ2) is 9.59. The number of carbonyl (C=O) groups excluding carboxylic acids is 2. The van der Waals surface area contributed by atoms with Gasteiger partial charge < -0.3 is 14.5 Å². The molecule has 0 spiro atoms. The van der Waals surface area contributed by atoms with Gasteiger partial charge in [0.15, 0.2) is 6.61 Å². The van der Waals surface area contributed by atoms with E-state index in [2.05, 4.69) is 0 Å². The Kier molecular flexibility index (Phi) is 6.91. The van der Waals surface area contributed by atoms with Gasteiger partial charge in [-0.15, -0.1) is 0 Å². The normalized spacial score (nSPS) is 14.5. The Labute approximate surface area is 173 Å². The highest BCUT2D eigenvalue weighted by Gasteiger charge is 2.30. The fourth-order valence-corrected chi connectivity index (χ4v) is 3.73. The van der Waals surface area contributed by atoms with E-state index in [-0.39, 0.29) is 24.3 Å². The van der Waals surface area contributed by atoms with Gasteiger partial charge >= 0.3 is 0 Å².